The van der Waals surface area contributed by atoms with E-state index in [2.05, 4.69) is 38.6 Å². The molecule has 0 saturated heterocycles. The number of rotatable bonds is 8. The highest BCUT2D eigenvalue weighted by atomic mass is 28.4. The van der Waals surface area contributed by atoms with Crippen LogP contribution < -0.4 is 0 Å². The zero-order chi connectivity index (χ0) is 20.0. The lowest BCUT2D eigenvalue weighted by molar-refractivity contribution is -0.156. The van der Waals surface area contributed by atoms with Crippen LogP contribution in [0.1, 0.15) is 72.1 Å². The van der Waals surface area contributed by atoms with Gasteiger partial charge in [-0.15, -0.1) is 0 Å². The number of carbonyl (C=O) groups excluding carboxylic acids is 2. The molecular weight excluding hydrogens is 348 g/mol. The van der Waals surface area contributed by atoms with Gasteiger partial charge >= 0.3 is 11.9 Å². The Balaban J connectivity index is 2.63. The van der Waals surface area contributed by atoms with E-state index in [-0.39, 0.29) is 23.1 Å². The molecule has 0 aromatic heterocycles. The number of carbonyl (C=O) groups is 2. The van der Waals surface area contributed by atoms with Crippen molar-refractivity contribution in [1.29, 1.82) is 0 Å². The van der Waals surface area contributed by atoms with Gasteiger partial charge in [-0.1, -0.05) is 27.2 Å². The van der Waals surface area contributed by atoms with Crippen molar-refractivity contribution in [2.24, 2.45) is 5.41 Å². The van der Waals surface area contributed by atoms with Crippen molar-refractivity contribution in [1.82, 2.24) is 0 Å². The maximum absolute atomic E-state index is 12.5. The molecule has 0 aliphatic heterocycles. The molecule has 0 aromatic carbocycles. The molecule has 0 atom stereocenters. The highest BCUT2D eigenvalue weighted by molar-refractivity contribution is 6.74. The number of hydrogen-bond acceptors (Lipinski definition) is 5. The Morgan fingerprint density at radius 2 is 1.62 bits per heavy atom. The number of methoxy groups -OCH3 is 2. The number of hydrogen-bond donors (Lipinski definition) is 0. The molecule has 0 heterocycles. The van der Waals surface area contributed by atoms with Crippen LogP contribution in [0.5, 0.6) is 0 Å². The zero-order valence-corrected chi connectivity index (χ0v) is 18.8. The summed E-state index contributed by atoms with van der Waals surface area (Å²) in [6.45, 7) is 11.3. The third-order valence-corrected chi connectivity index (χ3v) is 10.8. The molecule has 5 nitrogen and oxygen atoms in total. The van der Waals surface area contributed by atoms with Crippen molar-refractivity contribution < 1.29 is 23.5 Å². The van der Waals surface area contributed by atoms with Crippen LogP contribution in [0.4, 0.5) is 0 Å². The quantitative estimate of drug-likeness (QED) is 0.339. The molecule has 1 rings (SSSR count). The van der Waals surface area contributed by atoms with Gasteiger partial charge in [0.25, 0.3) is 0 Å². The fourth-order valence-electron chi connectivity index (χ4n) is 3.46. The van der Waals surface area contributed by atoms with Gasteiger partial charge in [0.15, 0.2) is 8.32 Å². The number of unbranched alkanes of at least 4 members (excludes halogenated alkanes) is 1. The second-order valence-corrected chi connectivity index (χ2v) is 13.9. The molecule has 0 spiro atoms. The van der Waals surface area contributed by atoms with Crippen molar-refractivity contribution in [3.8, 4) is 0 Å². The lowest BCUT2D eigenvalue weighted by Crippen LogP contribution is -2.46. The van der Waals surface area contributed by atoms with E-state index in [9.17, 15) is 9.59 Å². The van der Waals surface area contributed by atoms with Crippen LogP contribution >= 0.6 is 0 Å². The van der Waals surface area contributed by atoms with Crippen LogP contribution in [0, 0.1) is 5.41 Å². The van der Waals surface area contributed by atoms with E-state index >= 15 is 0 Å². The van der Waals surface area contributed by atoms with E-state index in [0.717, 1.165) is 44.9 Å². The summed E-state index contributed by atoms with van der Waals surface area (Å²) in [4.78, 5) is 23.7. The average Bonchev–Trinajstić information content (AvgIpc) is 2.58. The smallest absolute Gasteiger partial charge is 0.311 e. The van der Waals surface area contributed by atoms with E-state index in [1.54, 1.807) is 0 Å². The Labute approximate surface area is 160 Å². The first kappa shape index (κ1) is 23.2. The van der Waals surface area contributed by atoms with Crippen molar-refractivity contribution in [3.05, 3.63) is 0 Å². The van der Waals surface area contributed by atoms with E-state index < -0.39 is 13.7 Å². The third kappa shape index (κ3) is 6.08. The van der Waals surface area contributed by atoms with Crippen LogP contribution in [-0.4, -0.2) is 40.6 Å². The van der Waals surface area contributed by atoms with E-state index in [4.69, 9.17) is 9.16 Å². The van der Waals surface area contributed by atoms with E-state index in [0.29, 0.717) is 6.42 Å². The van der Waals surface area contributed by atoms with Gasteiger partial charge in [-0.05, 0) is 56.7 Å². The molecule has 6 heteroatoms. The molecule has 1 saturated carbocycles. The molecule has 0 radical (unpaired) electrons. The van der Waals surface area contributed by atoms with E-state index in [1.807, 2.05) is 0 Å². The average molecular weight is 387 g/mol. The SMILES string of the molecule is COC(=O)CCCCC1(C(=O)OC)CCC(O[Si](C)(C)C(C)(C)C)CC1. The van der Waals surface area contributed by atoms with Gasteiger partial charge in [0.1, 0.15) is 0 Å². The minimum absolute atomic E-state index is 0.110. The summed E-state index contributed by atoms with van der Waals surface area (Å²) in [6.07, 6.45) is 6.40. The molecule has 0 aromatic rings. The van der Waals surface area contributed by atoms with Crippen LogP contribution in [0.25, 0.3) is 0 Å². The highest BCUT2D eigenvalue weighted by Crippen LogP contribution is 2.45. The minimum atomic E-state index is -1.79. The molecule has 0 unspecified atom stereocenters. The molecule has 0 bridgehead atoms. The first-order valence-electron chi connectivity index (χ1n) is 9.80. The summed E-state index contributed by atoms with van der Waals surface area (Å²) in [6, 6.07) is 0. The summed E-state index contributed by atoms with van der Waals surface area (Å²) in [5.74, 6) is -0.301. The van der Waals surface area contributed by atoms with Gasteiger partial charge in [-0.25, -0.2) is 0 Å². The molecule has 0 amide bonds. The van der Waals surface area contributed by atoms with Crippen LogP contribution in [0.15, 0.2) is 0 Å². The fourth-order valence-corrected chi connectivity index (χ4v) is 4.89. The van der Waals surface area contributed by atoms with Gasteiger partial charge in [-0.3, -0.25) is 9.59 Å². The summed E-state index contributed by atoms with van der Waals surface area (Å²) in [5.41, 5.74) is -0.418. The Bertz CT molecular complexity index is 473. The predicted molar refractivity (Wildman–Crippen MR) is 105 cm³/mol. The molecule has 1 aliphatic rings. The van der Waals surface area contributed by atoms with Crippen LogP contribution in [0.2, 0.25) is 18.1 Å². The minimum Gasteiger partial charge on any atom is -0.469 e. The molecule has 26 heavy (non-hydrogen) atoms. The largest absolute Gasteiger partial charge is 0.469 e. The summed E-state index contributed by atoms with van der Waals surface area (Å²) < 4.78 is 16.3. The van der Waals surface area contributed by atoms with Crippen molar-refractivity contribution >= 4 is 20.3 Å². The zero-order valence-electron chi connectivity index (χ0n) is 17.8. The van der Waals surface area contributed by atoms with Gasteiger partial charge in [0.05, 0.1) is 19.6 Å². The standard InChI is InChI=1S/C20H38O5Si/c1-19(2,3)26(6,7)25-16-11-14-20(15-12-16,18(22)24-5)13-9-8-10-17(21)23-4/h16H,8-15H2,1-7H3. The highest BCUT2D eigenvalue weighted by Gasteiger charge is 2.45. The summed E-state index contributed by atoms with van der Waals surface area (Å²) in [5, 5.41) is 0.192. The van der Waals surface area contributed by atoms with E-state index in [1.165, 1.54) is 14.2 Å². The van der Waals surface area contributed by atoms with Crippen molar-refractivity contribution in [3.63, 3.8) is 0 Å². The van der Waals surface area contributed by atoms with Gasteiger partial charge in [0, 0.05) is 12.5 Å². The van der Waals surface area contributed by atoms with Crippen molar-refractivity contribution in [2.75, 3.05) is 14.2 Å². The lowest BCUT2D eigenvalue weighted by atomic mass is 9.70. The lowest BCUT2D eigenvalue weighted by Gasteiger charge is -2.43. The Hall–Kier alpha value is -0.883. The maximum atomic E-state index is 12.5. The Morgan fingerprint density at radius 3 is 2.08 bits per heavy atom. The van der Waals surface area contributed by atoms with Crippen LogP contribution in [0.3, 0.4) is 0 Å². The van der Waals surface area contributed by atoms with Gasteiger partial charge in [-0.2, -0.15) is 0 Å². The van der Waals surface area contributed by atoms with Gasteiger partial charge < -0.3 is 13.9 Å². The fraction of sp³-hybridized carbons (Fsp3) is 0.900. The Kier molecular flexibility index (Phi) is 8.33. The summed E-state index contributed by atoms with van der Waals surface area (Å²) in [7, 11) is 1.08. The topological polar surface area (TPSA) is 61.8 Å². The molecule has 0 N–H and O–H groups in total. The summed E-state index contributed by atoms with van der Waals surface area (Å²) >= 11 is 0. The van der Waals surface area contributed by atoms with Gasteiger partial charge in [0.2, 0.25) is 0 Å². The predicted octanol–water partition coefficient (Wildman–Crippen LogP) is 4.84. The second kappa shape index (κ2) is 9.35. The number of esters is 2. The molecule has 1 fully saturated rings. The first-order valence-corrected chi connectivity index (χ1v) is 12.7. The molecular formula is C20H38O5Si. The monoisotopic (exact) mass is 386 g/mol. The van der Waals surface area contributed by atoms with Crippen LogP contribution in [-0.2, 0) is 23.5 Å². The molecule has 1 aliphatic carbocycles. The maximum Gasteiger partial charge on any atom is 0.311 e. The normalized spacial score (nSPS) is 24.2. The Morgan fingerprint density at radius 1 is 1.04 bits per heavy atom. The second-order valence-electron chi connectivity index (χ2n) is 9.13. The molecule has 152 valence electrons. The van der Waals surface area contributed by atoms with Crippen molar-refractivity contribution in [2.45, 2.75) is 96.4 Å². The third-order valence-electron chi connectivity index (χ3n) is 6.29. The first-order chi connectivity index (χ1) is 12.0. The number of ether oxygens (including phenoxy) is 2.